The lowest BCUT2D eigenvalue weighted by atomic mass is 9.85. The number of nitrogens with one attached hydrogen (secondary N) is 2. The van der Waals surface area contributed by atoms with E-state index in [0.717, 1.165) is 119 Å². The molecule has 6 aliphatic rings. The topological polar surface area (TPSA) is 179 Å². The normalized spacial score (nSPS) is 22.9. The molecule has 3 aromatic carbocycles. The molecule has 4 N–H and O–H groups in total. The average Bonchev–Trinajstić information content (AvgIpc) is 3.84. The van der Waals surface area contributed by atoms with Gasteiger partial charge in [-0.25, -0.2) is 4.68 Å². The second-order valence-electron chi connectivity index (χ2n) is 18.1. The van der Waals surface area contributed by atoms with Crippen LogP contribution >= 0.6 is 0 Å². The number of piperazine rings is 1. The molecule has 16 nitrogen and oxygen atoms in total. The minimum Gasteiger partial charge on any atom is -0.457 e. The number of carbonyl (C=O) groups is 5. The van der Waals surface area contributed by atoms with Gasteiger partial charge in [-0.15, -0.1) is 0 Å². The third kappa shape index (κ3) is 8.25. The summed E-state index contributed by atoms with van der Waals surface area (Å²) in [6.45, 7) is 10.7. The summed E-state index contributed by atoms with van der Waals surface area (Å²) in [5.41, 5.74) is 9.42. The lowest BCUT2D eigenvalue weighted by Crippen LogP contribution is -2.54. The molecule has 0 aliphatic carbocycles. The molecule has 0 saturated carbocycles. The van der Waals surface area contributed by atoms with E-state index in [1.807, 2.05) is 60.7 Å². The number of rotatable bonds is 11. The fourth-order valence-electron chi connectivity index (χ4n) is 10.8. The first kappa shape index (κ1) is 41.9. The molecule has 1 unspecified atom stereocenters. The Kier molecular flexibility index (Phi) is 11.7. The monoisotopic (exact) mass is 868 g/mol. The number of amides is 5. The largest absolute Gasteiger partial charge is 0.457 e. The van der Waals surface area contributed by atoms with Crippen molar-refractivity contribution in [3.05, 3.63) is 89.5 Å². The maximum absolute atomic E-state index is 13.4. The fraction of sp³-hybridized carbons (Fsp3) is 0.458. The number of ether oxygens (including phenoxy) is 1. The van der Waals surface area contributed by atoms with Gasteiger partial charge in [0.25, 0.3) is 17.7 Å². The summed E-state index contributed by atoms with van der Waals surface area (Å²) in [6, 6.07) is 22.5. The molecule has 1 aromatic heterocycles. The number of piperidine rings is 3. The summed E-state index contributed by atoms with van der Waals surface area (Å²) < 4.78 is 8.06. The molecule has 4 saturated heterocycles. The maximum atomic E-state index is 13.4. The molecular formula is C48H56N10O6. The highest BCUT2D eigenvalue weighted by molar-refractivity contribution is 6.23. The Morgan fingerprint density at radius 1 is 0.734 bits per heavy atom. The standard InChI is InChI=1S/C48H56N10O6/c49-44(60)42-43(32-6-9-36(10-7-32)64-35-4-2-1-3-5-35)52-58-39(14-19-50-45(42)58)31-15-22-55(23-16-31)33-17-20-53(21-18-33)24-25-54-26-28-56(29-27-54)34-8-11-37-38(30-34)48(63)57(47(37)62)40-12-13-41(59)51-46(40)61/h1-11,30-31,33,39-40,50H,12-29H2,(H2,49,60)(H,51,59,61)/t39-,40?/m0/s1. The van der Waals surface area contributed by atoms with Gasteiger partial charge in [-0.05, 0) is 125 Å². The Morgan fingerprint density at radius 2 is 1.42 bits per heavy atom. The Labute approximate surface area is 372 Å². The number of anilines is 2. The third-order valence-electron chi connectivity index (χ3n) is 14.4. The van der Waals surface area contributed by atoms with E-state index in [0.29, 0.717) is 40.1 Å². The number of imide groups is 2. The molecule has 5 amide bonds. The van der Waals surface area contributed by atoms with Crippen LogP contribution in [0.4, 0.5) is 11.5 Å². The summed E-state index contributed by atoms with van der Waals surface area (Å²) in [4.78, 5) is 74.7. The van der Waals surface area contributed by atoms with Gasteiger partial charge >= 0.3 is 0 Å². The number of hydrogen-bond donors (Lipinski definition) is 3. The summed E-state index contributed by atoms with van der Waals surface area (Å²) in [6.07, 6.45) is 5.75. The van der Waals surface area contributed by atoms with Crippen molar-refractivity contribution < 1.29 is 28.7 Å². The SMILES string of the molecule is NC(=O)c1c(-c2ccc(Oc3ccccc3)cc2)nn2c1NCC[C@H]2C1CCN(C2CCN(CCN3CCN(c4ccc5c(c4)C(=O)N(C4CCC(=O)NC4=O)C5=O)CC3)CC2)CC1. The summed E-state index contributed by atoms with van der Waals surface area (Å²) in [5.74, 6) is 0.256. The van der Waals surface area contributed by atoms with Crippen molar-refractivity contribution in [3.8, 4) is 22.8 Å². The number of hydrogen-bond acceptors (Lipinski definition) is 12. The lowest BCUT2D eigenvalue weighted by molar-refractivity contribution is -0.136. The summed E-state index contributed by atoms with van der Waals surface area (Å²) in [7, 11) is 0. The van der Waals surface area contributed by atoms with Gasteiger partial charge in [-0.2, -0.15) is 5.10 Å². The summed E-state index contributed by atoms with van der Waals surface area (Å²) >= 11 is 0. The molecule has 0 bridgehead atoms. The van der Waals surface area contributed by atoms with Crippen molar-refractivity contribution >= 4 is 41.0 Å². The maximum Gasteiger partial charge on any atom is 0.262 e. The molecule has 0 spiro atoms. The van der Waals surface area contributed by atoms with E-state index in [1.165, 1.54) is 12.8 Å². The van der Waals surface area contributed by atoms with Crippen LogP contribution in [-0.4, -0.2) is 143 Å². The van der Waals surface area contributed by atoms with Crippen LogP contribution in [0.3, 0.4) is 0 Å². The molecule has 6 aliphatic heterocycles. The van der Waals surface area contributed by atoms with Crippen LogP contribution in [0.15, 0.2) is 72.8 Å². The van der Waals surface area contributed by atoms with E-state index in [-0.39, 0.29) is 24.8 Å². The number of benzene rings is 3. The average molecular weight is 869 g/mol. The second-order valence-corrected chi connectivity index (χ2v) is 18.1. The van der Waals surface area contributed by atoms with Crippen LogP contribution in [0.2, 0.25) is 0 Å². The highest BCUT2D eigenvalue weighted by Crippen LogP contribution is 2.41. The highest BCUT2D eigenvalue weighted by atomic mass is 16.5. The van der Waals surface area contributed by atoms with Crippen LogP contribution in [0.25, 0.3) is 11.3 Å². The van der Waals surface area contributed by atoms with Crippen LogP contribution in [0.1, 0.15) is 82.1 Å². The number of primary amides is 1. The van der Waals surface area contributed by atoms with Gasteiger partial charge < -0.3 is 30.5 Å². The van der Waals surface area contributed by atoms with Crippen molar-refractivity contribution in [1.29, 1.82) is 0 Å². The molecule has 334 valence electrons. The van der Waals surface area contributed by atoms with E-state index < -0.39 is 29.7 Å². The Bertz CT molecular complexity index is 2420. The van der Waals surface area contributed by atoms with Gasteiger partial charge in [0.1, 0.15) is 34.6 Å². The zero-order valence-electron chi connectivity index (χ0n) is 36.1. The molecule has 4 fully saturated rings. The molecule has 4 aromatic rings. The van der Waals surface area contributed by atoms with Crippen LogP contribution in [0, 0.1) is 5.92 Å². The smallest absolute Gasteiger partial charge is 0.262 e. The number of likely N-dealkylation sites (tertiary alicyclic amines) is 2. The van der Waals surface area contributed by atoms with Gasteiger partial charge in [0.15, 0.2) is 0 Å². The van der Waals surface area contributed by atoms with Gasteiger partial charge in [0.2, 0.25) is 11.8 Å². The lowest BCUT2D eigenvalue weighted by Gasteiger charge is -2.44. The zero-order valence-corrected chi connectivity index (χ0v) is 36.1. The second kappa shape index (κ2) is 17.8. The van der Waals surface area contributed by atoms with Crippen molar-refractivity contribution in [3.63, 3.8) is 0 Å². The van der Waals surface area contributed by atoms with E-state index in [1.54, 1.807) is 12.1 Å². The minimum atomic E-state index is -0.965. The molecule has 0 radical (unpaired) electrons. The van der Waals surface area contributed by atoms with Gasteiger partial charge in [-0.3, -0.25) is 39.1 Å². The van der Waals surface area contributed by atoms with Crippen molar-refractivity contribution in [2.45, 2.75) is 63.1 Å². The predicted octanol–water partition coefficient (Wildman–Crippen LogP) is 4.20. The Hall–Kier alpha value is -6.10. The summed E-state index contributed by atoms with van der Waals surface area (Å²) in [5, 5.41) is 10.8. The van der Waals surface area contributed by atoms with Crippen molar-refractivity contribution in [2.75, 3.05) is 82.2 Å². The van der Waals surface area contributed by atoms with Crippen molar-refractivity contribution in [1.82, 2.24) is 34.7 Å². The molecule has 10 rings (SSSR count). The van der Waals surface area contributed by atoms with Gasteiger partial charge in [0, 0.05) is 69.5 Å². The third-order valence-corrected chi connectivity index (χ3v) is 14.4. The molecule has 2 atom stereocenters. The number of aromatic nitrogens is 2. The zero-order chi connectivity index (χ0) is 43.9. The van der Waals surface area contributed by atoms with Gasteiger partial charge in [-0.1, -0.05) is 18.2 Å². The highest BCUT2D eigenvalue weighted by Gasteiger charge is 2.45. The van der Waals surface area contributed by atoms with E-state index in [9.17, 15) is 24.0 Å². The predicted molar refractivity (Wildman–Crippen MR) is 240 cm³/mol. The molecule has 64 heavy (non-hydrogen) atoms. The number of nitrogens with zero attached hydrogens (tertiary/aromatic N) is 7. The number of nitrogens with two attached hydrogens (primary N) is 1. The quantitative estimate of drug-likeness (QED) is 0.184. The minimum absolute atomic E-state index is 0.0987. The number of para-hydroxylation sites is 1. The molecule has 7 heterocycles. The Morgan fingerprint density at radius 3 is 2.12 bits per heavy atom. The van der Waals surface area contributed by atoms with E-state index in [4.69, 9.17) is 15.6 Å². The van der Waals surface area contributed by atoms with Crippen molar-refractivity contribution in [2.24, 2.45) is 11.7 Å². The van der Waals surface area contributed by atoms with E-state index >= 15 is 0 Å². The molecule has 16 heteroatoms. The first-order chi connectivity index (χ1) is 31.2. The number of fused-ring (bicyclic) bond motifs is 2. The van der Waals surface area contributed by atoms with Crippen LogP contribution in [0.5, 0.6) is 11.5 Å². The first-order valence-electron chi connectivity index (χ1n) is 23.0. The molecular weight excluding hydrogens is 813 g/mol. The number of carbonyl (C=O) groups excluding carboxylic acids is 5. The Balaban J connectivity index is 0.678. The fourth-order valence-corrected chi connectivity index (χ4v) is 10.8. The van der Waals surface area contributed by atoms with Crippen LogP contribution in [-0.2, 0) is 9.59 Å². The first-order valence-corrected chi connectivity index (χ1v) is 23.0. The van der Waals surface area contributed by atoms with E-state index in [2.05, 4.69) is 34.9 Å². The van der Waals surface area contributed by atoms with Gasteiger partial charge in [0.05, 0.1) is 17.2 Å². The van der Waals surface area contributed by atoms with Crippen LogP contribution < -0.4 is 26.0 Å².